The third kappa shape index (κ3) is 5.07. The lowest BCUT2D eigenvalue weighted by atomic mass is 10.2. The molecule has 0 aliphatic heterocycles. The second kappa shape index (κ2) is 9.14. The van der Waals surface area contributed by atoms with Crippen LogP contribution >= 0.6 is 0 Å². The largest absolute Gasteiger partial charge is 0.456 e. The molecular formula is C22H23N3O4. The maximum Gasteiger partial charge on any atom is 0.306 e. The third-order valence-electron chi connectivity index (χ3n) is 4.40. The van der Waals surface area contributed by atoms with Gasteiger partial charge in [0.1, 0.15) is 5.82 Å². The van der Waals surface area contributed by atoms with Crippen molar-refractivity contribution in [1.82, 2.24) is 9.97 Å². The van der Waals surface area contributed by atoms with Gasteiger partial charge < -0.3 is 14.6 Å². The van der Waals surface area contributed by atoms with Crippen LogP contribution in [0.4, 0.5) is 5.69 Å². The maximum absolute atomic E-state index is 12.5. The molecule has 7 heteroatoms. The fourth-order valence-corrected chi connectivity index (χ4v) is 3.08. The molecule has 0 unspecified atom stereocenters. The fraction of sp³-hybridized carbons (Fsp3) is 0.273. The Morgan fingerprint density at radius 1 is 1.07 bits per heavy atom. The van der Waals surface area contributed by atoms with Gasteiger partial charge in [-0.3, -0.25) is 14.4 Å². The summed E-state index contributed by atoms with van der Waals surface area (Å²) in [5.74, 6) is -0.409. The van der Waals surface area contributed by atoms with Gasteiger partial charge in [-0.25, -0.2) is 4.98 Å². The highest BCUT2D eigenvalue weighted by atomic mass is 16.5. The van der Waals surface area contributed by atoms with Crippen molar-refractivity contribution in [3.63, 3.8) is 0 Å². The molecule has 0 aliphatic carbocycles. The Hall–Kier alpha value is -3.48. The van der Waals surface area contributed by atoms with Crippen molar-refractivity contribution >= 4 is 28.5 Å². The molecule has 0 atom stereocenters. The van der Waals surface area contributed by atoms with Crippen LogP contribution in [0.5, 0.6) is 0 Å². The molecule has 0 saturated carbocycles. The lowest BCUT2D eigenvalue weighted by Gasteiger charge is -2.26. The van der Waals surface area contributed by atoms with Gasteiger partial charge in [-0.15, -0.1) is 0 Å². The first-order valence-corrected chi connectivity index (χ1v) is 9.46. The maximum atomic E-state index is 12.5. The zero-order valence-electron chi connectivity index (χ0n) is 16.4. The minimum absolute atomic E-state index is 0.0155. The van der Waals surface area contributed by atoms with Crippen molar-refractivity contribution < 1.29 is 14.3 Å². The number of amides is 1. The summed E-state index contributed by atoms with van der Waals surface area (Å²) in [6.07, 6.45) is 0.237. The predicted molar refractivity (Wildman–Crippen MR) is 111 cm³/mol. The standard InChI is InChI=1S/C22H23N3O4/c1-15(2)25(16-8-4-3-5-9-16)20(26)14-29-21(27)13-12-19-23-18-11-7-6-10-17(18)22(28)24-19/h3-11,15H,12-14H2,1-2H3,(H,23,24,28). The summed E-state index contributed by atoms with van der Waals surface area (Å²) in [6.45, 7) is 3.45. The summed E-state index contributed by atoms with van der Waals surface area (Å²) >= 11 is 0. The molecule has 0 bridgehead atoms. The van der Waals surface area contributed by atoms with Gasteiger partial charge in [0.25, 0.3) is 11.5 Å². The number of hydrogen-bond acceptors (Lipinski definition) is 5. The van der Waals surface area contributed by atoms with E-state index in [9.17, 15) is 14.4 Å². The van der Waals surface area contributed by atoms with Crippen molar-refractivity contribution in [2.45, 2.75) is 32.7 Å². The van der Waals surface area contributed by atoms with Crippen molar-refractivity contribution in [2.75, 3.05) is 11.5 Å². The summed E-state index contributed by atoms with van der Waals surface area (Å²) in [4.78, 5) is 45.3. The SMILES string of the molecule is CC(C)N(C(=O)COC(=O)CCc1nc2ccccc2c(=O)[nH]1)c1ccccc1. The van der Waals surface area contributed by atoms with E-state index in [0.717, 1.165) is 5.69 Å². The van der Waals surface area contributed by atoms with Crippen molar-refractivity contribution in [3.8, 4) is 0 Å². The number of H-pyrrole nitrogens is 1. The van der Waals surface area contributed by atoms with Gasteiger partial charge in [0, 0.05) is 18.2 Å². The lowest BCUT2D eigenvalue weighted by Crippen LogP contribution is -2.39. The number of carbonyl (C=O) groups excluding carboxylic acids is 2. The zero-order valence-corrected chi connectivity index (χ0v) is 16.4. The van der Waals surface area contributed by atoms with E-state index in [0.29, 0.717) is 16.7 Å². The number of aryl methyl sites for hydroxylation is 1. The van der Waals surface area contributed by atoms with Crippen LogP contribution in [0.25, 0.3) is 10.9 Å². The van der Waals surface area contributed by atoms with Crippen molar-refractivity contribution in [1.29, 1.82) is 0 Å². The fourth-order valence-electron chi connectivity index (χ4n) is 3.08. The first-order chi connectivity index (χ1) is 14.0. The zero-order chi connectivity index (χ0) is 20.8. The highest BCUT2D eigenvalue weighted by Crippen LogP contribution is 2.16. The molecule has 2 aromatic carbocycles. The van der Waals surface area contributed by atoms with E-state index < -0.39 is 5.97 Å². The summed E-state index contributed by atoms with van der Waals surface area (Å²) in [6, 6.07) is 16.2. The Kier molecular flexibility index (Phi) is 6.39. The smallest absolute Gasteiger partial charge is 0.306 e. The molecule has 0 aliphatic rings. The number of nitrogens with one attached hydrogen (secondary N) is 1. The van der Waals surface area contributed by atoms with Crippen LogP contribution in [0.15, 0.2) is 59.4 Å². The normalized spacial score (nSPS) is 10.9. The number of ether oxygens (including phenoxy) is 1. The number of benzene rings is 2. The van der Waals surface area contributed by atoms with Crippen LogP contribution in [0.3, 0.4) is 0 Å². The molecule has 3 aromatic rings. The first kappa shape index (κ1) is 20.3. The van der Waals surface area contributed by atoms with Crippen molar-refractivity contribution in [3.05, 3.63) is 70.8 Å². The number of nitrogens with zero attached hydrogens (tertiary/aromatic N) is 2. The monoisotopic (exact) mass is 393 g/mol. The molecule has 3 rings (SSSR count). The highest BCUT2D eigenvalue weighted by Gasteiger charge is 2.20. The number of anilines is 1. The number of aromatic nitrogens is 2. The van der Waals surface area contributed by atoms with E-state index in [1.807, 2.05) is 44.2 Å². The van der Waals surface area contributed by atoms with E-state index in [2.05, 4.69) is 9.97 Å². The Bertz CT molecular complexity index is 1060. The quantitative estimate of drug-likeness (QED) is 0.623. The van der Waals surface area contributed by atoms with E-state index in [1.165, 1.54) is 0 Å². The van der Waals surface area contributed by atoms with Crippen LogP contribution in [-0.4, -0.2) is 34.5 Å². The second-order valence-corrected chi connectivity index (χ2v) is 6.88. The van der Waals surface area contributed by atoms with Gasteiger partial charge in [-0.2, -0.15) is 0 Å². The molecule has 0 saturated heterocycles. The molecule has 1 heterocycles. The molecule has 1 aromatic heterocycles. The van der Waals surface area contributed by atoms with Crippen LogP contribution in [0, 0.1) is 0 Å². The van der Waals surface area contributed by atoms with E-state index in [-0.39, 0.29) is 37.0 Å². The van der Waals surface area contributed by atoms with Crippen molar-refractivity contribution in [2.24, 2.45) is 0 Å². The summed E-state index contributed by atoms with van der Waals surface area (Å²) in [7, 11) is 0. The first-order valence-electron chi connectivity index (χ1n) is 9.46. The molecule has 1 amide bonds. The van der Waals surface area contributed by atoms with Crippen LogP contribution in [-0.2, 0) is 20.7 Å². The number of rotatable bonds is 7. The van der Waals surface area contributed by atoms with E-state index in [1.54, 1.807) is 29.2 Å². The Morgan fingerprint density at radius 3 is 2.48 bits per heavy atom. The average molecular weight is 393 g/mol. The second-order valence-electron chi connectivity index (χ2n) is 6.88. The van der Waals surface area contributed by atoms with Gasteiger partial charge in [-0.05, 0) is 38.1 Å². The Labute approximate surface area is 168 Å². The molecule has 0 spiro atoms. The molecule has 0 fully saturated rings. The summed E-state index contributed by atoms with van der Waals surface area (Å²) in [5, 5.41) is 0.499. The van der Waals surface area contributed by atoms with Crippen LogP contribution in [0.1, 0.15) is 26.1 Å². The molecule has 150 valence electrons. The Morgan fingerprint density at radius 2 is 1.76 bits per heavy atom. The number of hydrogen-bond donors (Lipinski definition) is 1. The number of fused-ring (bicyclic) bond motifs is 1. The summed E-state index contributed by atoms with van der Waals surface area (Å²) in [5.41, 5.74) is 1.08. The van der Waals surface area contributed by atoms with Gasteiger partial charge in [0.2, 0.25) is 0 Å². The molecular weight excluding hydrogens is 370 g/mol. The molecule has 1 N–H and O–H groups in total. The number of carbonyl (C=O) groups is 2. The third-order valence-corrected chi connectivity index (χ3v) is 4.40. The Balaban J connectivity index is 1.57. The van der Waals surface area contributed by atoms with Crippen LogP contribution < -0.4 is 10.5 Å². The minimum Gasteiger partial charge on any atom is -0.456 e. The predicted octanol–water partition coefficient (Wildman–Crippen LogP) is 2.84. The van der Waals surface area contributed by atoms with Gasteiger partial charge in [-0.1, -0.05) is 30.3 Å². The number of esters is 1. The number of aromatic amines is 1. The minimum atomic E-state index is -0.522. The van der Waals surface area contributed by atoms with Gasteiger partial charge in [0.15, 0.2) is 6.61 Å². The van der Waals surface area contributed by atoms with E-state index >= 15 is 0 Å². The molecule has 7 nitrogen and oxygen atoms in total. The molecule has 29 heavy (non-hydrogen) atoms. The summed E-state index contributed by atoms with van der Waals surface area (Å²) < 4.78 is 5.15. The topological polar surface area (TPSA) is 92.4 Å². The highest BCUT2D eigenvalue weighted by molar-refractivity contribution is 5.95. The number of para-hydroxylation sites is 2. The average Bonchev–Trinajstić information content (AvgIpc) is 2.71. The lowest BCUT2D eigenvalue weighted by molar-refractivity contribution is -0.147. The van der Waals surface area contributed by atoms with E-state index in [4.69, 9.17) is 4.74 Å². The van der Waals surface area contributed by atoms with Gasteiger partial charge in [0.05, 0.1) is 17.3 Å². The molecule has 0 radical (unpaired) electrons. The van der Waals surface area contributed by atoms with Gasteiger partial charge >= 0.3 is 5.97 Å². The van der Waals surface area contributed by atoms with Crippen LogP contribution in [0.2, 0.25) is 0 Å².